The van der Waals surface area contributed by atoms with Crippen LogP contribution in [0.3, 0.4) is 0 Å². The third-order valence-electron chi connectivity index (χ3n) is 1.58. The second-order valence-corrected chi connectivity index (χ2v) is 3.33. The fraction of sp³-hybridized carbons (Fsp3) is 0.455. The Kier molecular flexibility index (Phi) is 5.18. The number of allylic oxidation sites excluding steroid dienone is 4. The van der Waals surface area contributed by atoms with E-state index in [9.17, 15) is 0 Å². The summed E-state index contributed by atoms with van der Waals surface area (Å²) in [6.07, 6.45) is 8.06. The van der Waals surface area contributed by atoms with Gasteiger partial charge >= 0.3 is 0 Å². The summed E-state index contributed by atoms with van der Waals surface area (Å²) in [6.45, 7) is 8.09. The first kappa shape index (κ1) is 11.0. The SMILES string of the molecule is C=C/C(=C\C=C/N(C)C)C(C)C. The van der Waals surface area contributed by atoms with Gasteiger partial charge in [-0.1, -0.05) is 32.6 Å². The van der Waals surface area contributed by atoms with Crippen LogP contribution in [-0.2, 0) is 0 Å². The Hall–Kier alpha value is -0.980. The van der Waals surface area contributed by atoms with Crippen LogP contribution in [0.1, 0.15) is 13.8 Å². The minimum absolute atomic E-state index is 0.550. The van der Waals surface area contributed by atoms with Gasteiger partial charge in [-0.25, -0.2) is 0 Å². The van der Waals surface area contributed by atoms with E-state index in [4.69, 9.17) is 0 Å². The molecule has 0 aromatic carbocycles. The van der Waals surface area contributed by atoms with E-state index in [1.807, 2.05) is 37.3 Å². The van der Waals surface area contributed by atoms with Crippen molar-refractivity contribution in [2.45, 2.75) is 13.8 Å². The van der Waals surface area contributed by atoms with Gasteiger partial charge in [0.2, 0.25) is 0 Å². The number of rotatable bonds is 4. The zero-order chi connectivity index (χ0) is 9.56. The minimum Gasteiger partial charge on any atom is -0.383 e. The lowest BCUT2D eigenvalue weighted by Crippen LogP contribution is -1.99. The summed E-state index contributed by atoms with van der Waals surface area (Å²) in [5.41, 5.74) is 1.27. The topological polar surface area (TPSA) is 3.24 Å². The lowest BCUT2D eigenvalue weighted by atomic mass is 10.0. The fourth-order valence-corrected chi connectivity index (χ4v) is 0.822. The summed E-state index contributed by atoms with van der Waals surface area (Å²) in [6, 6.07) is 0. The van der Waals surface area contributed by atoms with E-state index in [0.29, 0.717) is 5.92 Å². The van der Waals surface area contributed by atoms with Crippen LogP contribution in [0.5, 0.6) is 0 Å². The summed E-state index contributed by atoms with van der Waals surface area (Å²) >= 11 is 0. The van der Waals surface area contributed by atoms with Gasteiger partial charge in [-0.3, -0.25) is 0 Å². The average Bonchev–Trinajstić information content (AvgIpc) is 1.96. The first-order chi connectivity index (χ1) is 5.57. The van der Waals surface area contributed by atoms with Crippen LogP contribution in [0.25, 0.3) is 0 Å². The molecule has 0 aliphatic rings. The summed E-state index contributed by atoms with van der Waals surface area (Å²) in [7, 11) is 4.01. The molecule has 12 heavy (non-hydrogen) atoms. The molecule has 0 unspecified atom stereocenters. The Labute approximate surface area is 76.1 Å². The van der Waals surface area contributed by atoms with Crippen molar-refractivity contribution in [1.29, 1.82) is 0 Å². The van der Waals surface area contributed by atoms with Crippen molar-refractivity contribution in [2.75, 3.05) is 14.1 Å². The lowest BCUT2D eigenvalue weighted by molar-refractivity contribution is 0.564. The summed E-state index contributed by atoms with van der Waals surface area (Å²) < 4.78 is 0. The largest absolute Gasteiger partial charge is 0.383 e. The maximum Gasteiger partial charge on any atom is 0.00556 e. The second kappa shape index (κ2) is 5.64. The normalized spacial score (nSPS) is 12.6. The summed E-state index contributed by atoms with van der Waals surface area (Å²) in [5.74, 6) is 0.550. The van der Waals surface area contributed by atoms with Gasteiger partial charge in [0.15, 0.2) is 0 Å². The van der Waals surface area contributed by atoms with Crippen LogP contribution in [0.15, 0.2) is 36.6 Å². The van der Waals surface area contributed by atoms with Crippen LogP contribution in [0, 0.1) is 5.92 Å². The van der Waals surface area contributed by atoms with Gasteiger partial charge in [0, 0.05) is 14.1 Å². The molecule has 0 radical (unpaired) electrons. The molecule has 0 aromatic rings. The highest BCUT2D eigenvalue weighted by Crippen LogP contribution is 2.09. The van der Waals surface area contributed by atoms with Crippen molar-refractivity contribution in [1.82, 2.24) is 4.90 Å². The summed E-state index contributed by atoms with van der Waals surface area (Å²) in [5, 5.41) is 0. The highest BCUT2D eigenvalue weighted by Gasteiger charge is 1.94. The van der Waals surface area contributed by atoms with Crippen molar-refractivity contribution in [3.05, 3.63) is 36.6 Å². The molecule has 0 aliphatic carbocycles. The number of nitrogens with zero attached hydrogens (tertiary/aromatic N) is 1. The van der Waals surface area contributed by atoms with E-state index in [-0.39, 0.29) is 0 Å². The average molecular weight is 165 g/mol. The van der Waals surface area contributed by atoms with Crippen LogP contribution < -0.4 is 0 Å². The molecule has 0 spiro atoms. The van der Waals surface area contributed by atoms with Crippen molar-refractivity contribution >= 4 is 0 Å². The molecule has 0 aromatic heterocycles. The van der Waals surface area contributed by atoms with Crippen molar-refractivity contribution in [3.8, 4) is 0 Å². The van der Waals surface area contributed by atoms with Crippen LogP contribution >= 0.6 is 0 Å². The smallest absolute Gasteiger partial charge is 0.00556 e. The van der Waals surface area contributed by atoms with Gasteiger partial charge in [0.1, 0.15) is 0 Å². The van der Waals surface area contributed by atoms with Gasteiger partial charge in [0.25, 0.3) is 0 Å². The van der Waals surface area contributed by atoms with Crippen LogP contribution in [0.2, 0.25) is 0 Å². The monoisotopic (exact) mass is 165 g/mol. The zero-order valence-corrected chi connectivity index (χ0v) is 8.54. The molecule has 68 valence electrons. The van der Waals surface area contributed by atoms with Crippen molar-refractivity contribution in [3.63, 3.8) is 0 Å². The molecular formula is C11H19N. The van der Waals surface area contributed by atoms with E-state index in [1.165, 1.54) is 5.57 Å². The predicted octanol–water partition coefficient (Wildman–Crippen LogP) is 2.83. The molecular weight excluding hydrogens is 146 g/mol. The molecule has 0 saturated carbocycles. The Morgan fingerprint density at radius 3 is 2.25 bits per heavy atom. The molecule has 0 aliphatic heterocycles. The van der Waals surface area contributed by atoms with E-state index < -0.39 is 0 Å². The third kappa shape index (κ3) is 4.78. The lowest BCUT2D eigenvalue weighted by Gasteiger charge is -2.05. The first-order valence-corrected chi connectivity index (χ1v) is 4.25. The highest BCUT2D eigenvalue weighted by molar-refractivity contribution is 5.23. The third-order valence-corrected chi connectivity index (χ3v) is 1.58. The fourth-order valence-electron chi connectivity index (χ4n) is 0.822. The molecule has 1 heteroatoms. The molecule has 0 bridgehead atoms. The van der Waals surface area contributed by atoms with Crippen molar-refractivity contribution < 1.29 is 0 Å². The van der Waals surface area contributed by atoms with Crippen molar-refractivity contribution in [2.24, 2.45) is 5.92 Å². The number of hydrogen-bond acceptors (Lipinski definition) is 1. The summed E-state index contributed by atoms with van der Waals surface area (Å²) in [4.78, 5) is 2.01. The zero-order valence-electron chi connectivity index (χ0n) is 8.54. The van der Waals surface area contributed by atoms with Gasteiger partial charge in [0.05, 0.1) is 0 Å². The maximum atomic E-state index is 3.76. The van der Waals surface area contributed by atoms with E-state index in [1.54, 1.807) is 0 Å². The predicted molar refractivity (Wildman–Crippen MR) is 55.9 cm³/mol. The van der Waals surface area contributed by atoms with E-state index >= 15 is 0 Å². The van der Waals surface area contributed by atoms with Gasteiger partial charge in [-0.2, -0.15) is 0 Å². The molecule has 0 amide bonds. The Morgan fingerprint density at radius 2 is 1.92 bits per heavy atom. The molecule has 1 nitrogen and oxygen atoms in total. The van der Waals surface area contributed by atoms with E-state index in [2.05, 4.69) is 26.5 Å². The Morgan fingerprint density at radius 1 is 1.33 bits per heavy atom. The quantitative estimate of drug-likeness (QED) is 0.579. The standard InChI is InChI=1S/C11H19N/c1-6-11(10(2)3)8-7-9-12(4)5/h6-10H,1H2,2-5H3/b9-7-,11-8+. The second-order valence-electron chi connectivity index (χ2n) is 3.33. The van der Waals surface area contributed by atoms with Crippen LogP contribution in [-0.4, -0.2) is 19.0 Å². The molecule has 0 fully saturated rings. The molecule has 0 atom stereocenters. The highest BCUT2D eigenvalue weighted by atomic mass is 15.0. The Bertz CT molecular complexity index is 185. The van der Waals surface area contributed by atoms with Crippen LogP contribution in [0.4, 0.5) is 0 Å². The molecule has 0 heterocycles. The van der Waals surface area contributed by atoms with Gasteiger partial charge < -0.3 is 4.90 Å². The van der Waals surface area contributed by atoms with E-state index in [0.717, 1.165) is 0 Å². The molecule has 0 N–H and O–H groups in total. The Balaban J connectivity index is 4.21. The minimum atomic E-state index is 0.550. The maximum absolute atomic E-state index is 3.76. The molecule has 0 saturated heterocycles. The van der Waals surface area contributed by atoms with Gasteiger partial charge in [-0.15, -0.1) is 0 Å². The first-order valence-electron chi connectivity index (χ1n) is 4.25. The number of hydrogen-bond donors (Lipinski definition) is 0. The molecule has 0 rings (SSSR count). The van der Waals surface area contributed by atoms with Gasteiger partial charge in [-0.05, 0) is 23.8 Å².